The van der Waals surface area contributed by atoms with Gasteiger partial charge in [0.1, 0.15) is 12.0 Å². The number of pyridine rings is 1. The molecule has 1 amide bonds. The number of nitrogens with one attached hydrogen (secondary N) is 2. The first-order chi connectivity index (χ1) is 14.0. The zero-order valence-electron chi connectivity index (χ0n) is 15.6. The van der Waals surface area contributed by atoms with E-state index in [2.05, 4.69) is 25.8 Å². The smallest absolute Gasteiger partial charge is 0.355 e. The van der Waals surface area contributed by atoms with E-state index in [1.807, 2.05) is 0 Å². The summed E-state index contributed by atoms with van der Waals surface area (Å²) in [5, 5.41) is 11.7. The minimum Gasteiger partial charge on any atom is -0.469 e. The molecule has 0 bridgehead atoms. The molecule has 0 aromatic carbocycles. The Morgan fingerprint density at radius 3 is 2.62 bits per heavy atom. The Balaban J connectivity index is 1.75. The van der Waals surface area contributed by atoms with Crippen LogP contribution in [0.3, 0.4) is 0 Å². The van der Waals surface area contributed by atoms with Crippen molar-refractivity contribution < 1.29 is 19.2 Å². The highest BCUT2D eigenvalue weighted by molar-refractivity contribution is 5.93. The molecule has 3 heterocycles. The van der Waals surface area contributed by atoms with Crippen molar-refractivity contribution in [3.8, 4) is 0 Å². The third-order valence-corrected chi connectivity index (χ3v) is 4.51. The van der Waals surface area contributed by atoms with Crippen molar-refractivity contribution in [3.63, 3.8) is 0 Å². The minimum absolute atomic E-state index is 0.114. The Morgan fingerprint density at radius 2 is 2.00 bits per heavy atom. The van der Waals surface area contributed by atoms with Crippen LogP contribution in [-0.2, 0) is 9.53 Å². The van der Waals surface area contributed by atoms with Crippen molar-refractivity contribution in [2.24, 2.45) is 5.92 Å². The molecule has 2 N–H and O–H groups in total. The Morgan fingerprint density at radius 1 is 1.24 bits per heavy atom. The molecular weight excluding hydrogens is 382 g/mol. The first-order valence-corrected chi connectivity index (χ1v) is 8.80. The number of ether oxygens (including phenoxy) is 1. The molecule has 152 valence electrons. The van der Waals surface area contributed by atoms with E-state index in [1.165, 1.54) is 25.7 Å². The van der Waals surface area contributed by atoms with Crippen molar-refractivity contribution in [2.45, 2.75) is 12.8 Å². The molecule has 12 nitrogen and oxygen atoms in total. The molecule has 29 heavy (non-hydrogen) atoms. The van der Waals surface area contributed by atoms with Crippen molar-refractivity contribution in [3.05, 3.63) is 46.5 Å². The standard InChI is InChI=1S/C17H19N7O5/c1-29-17(26)11-5-8-23(9-6-11)15-13(24(27)28)14(19-10-20-15)21-22-16(25)12-4-2-3-7-18-12/h2-4,7,10-11H,5-6,8-9H2,1H3,(H,22,25)(H,19,20,21). The summed E-state index contributed by atoms with van der Waals surface area (Å²) in [6, 6.07) is 4.81. The van der Waals surface area contributed by atoms with E-state index >= 15 is 0 Å². The Kier molecular flexibility index (Phi) is 6.12. The third-order valence-electron chi connectivity index (χ3n) is 4.51. The average molecular weight is 401 g/mol. The normalized spacial score (nSPS) is 14.2. The maximum absolute atomic E-state index is 12.1. The van der Waals surface area contributed by atoms with Crippen molar-refractivity contribution in [1.82, 2.24) is 20.4 Å². The van der Waals surface area contributed by atoms with Gasteiger partial charge in [-0.25, -0.2) is 9.97 Å². The zero-order valence-corrected chi connectivity index (χ0v) is 15.6. The number of amides is 1. The topological polar surface area (TPSA) is 152 Å². The summed E-state index contributed by atoms with van der Waals surface area (Å²) in [5.41, 5.74) is 4.59. The van der Waals surface area contributed by atoms with Crippen LogP contribution in [0.2, 0.25) is 0 Å². The van der Waals surface area contributed by atoms with Gasteiger partial charge in [0.25, 0.3) is 5.91 Å². The lowest BCUT2D eigenvalue weighted by atomic mass is 9.97. The van der Waals surface area contributed by atoms with Crippen molar-refractivity contribution in [1.29, 1.82) is 0 Å². The summed E-state index contributed by atoms with van der Waals surface area (Å²) in [7, 11) is 1.33. The quantitative estimate of drug-likeness (QED) is 0.406. The number of esters is 1. The highest BCUT2D eigenvalue weighted by Gasteiger charge is 2.32. The van der Waals surface area contributed by atoms with E-state index < -0.39 is 10.8 Å². The summed E-state index contributed by atoms with van der Waals surface area (Å²) in [6.45, 7) is 0.800. The van der Waals surface area contributed by atoms with E-state index in [9.17, 15) is 19.7 Å². The van der Waals surface area contributed by atoms with Gasteiger partial charge in [0, 0.05) is 19.3 Å². The van der Waals surface area contributed by atoms with Gasteiger partial charge >= 0.3 is 11.7 Å². The van der Waals surface area contributed by atoms with Crippen molar-refractivity contribution in [2.75, 3.05) is 30.5 Å². The van der Waals surface area contributed by atoms with Crippen LogP contribution in [0.25, 0.3) is 0 Å². The van der Waals surface area contributed by atoms with Crippen molar-refractivity contribution >= 4 is 29.2 Å². The fourth-order valence-corrected chi connectivity index (χ4v) is 3.03. The molecule has 0 aliphatic carbocycles. The molecule has 1 aliphatic heterocycles. The summed E-state index contributed by atoms with van der Waals surface area (Å²) >= 11 is 0. The third kappa shape index (κ3) is 4.54. The van der Waals surface area contributed by atoms with Crippen LogP contribution in [-0.4, -0.2) is 52.0 Å². The van der Waals surface area contributed by atoms with E-state index in [-0.39, 0.29) is 34.9 Å². The molecule has 0 saturated carbocycles. The van der Waals surface area contributed by atoms with Gasteiger partial charge < -0.3 is 9.64 Å². The SMILES string of the molecule is COC(=O)C1CCN(c2ncnc(NNC(=O)c3ccccn3)c2[N+](=O)[O-])CC1. The molecule has 0 unspecified atom stereocenters. The Hall–Kier alpha value is -3.83. The maximum atomic E-state index is 12.1. The fraction of sp³-hybridized carbons (Fsp3) is 0.353. The molecule has 1 saturated heterocycles. The molecule has 2 aromatic rings. The Bertz CT molecular complexity index is 900. The van der Waals surface area contributed by atoms with Crippen LogP contribution >= 0.6 is 0 Å². The fourth-order valence-electron chi connectivity index (χ4n) is 3.03. The first-order valence-electron chi connectivity index (χ1n) is 8.80. The van der Waals surface area contributed by atoms with Gasteiger partial charge in [0.15, 0.2) is 0 Å². The number of nitrogens with zero attached hydrogens (tertiary/aromatic N) is 5. The number of carbonyl (C=O) groups excluding carboxylic acids is 2. The summed E-state index contributed by atoms with van der Waals surface area (Å²) in [5.74, 6) is -1.14. The lowest BCUT2D eigenvalue weighted by molar-refractivity contribution is -0.383. The first kappa shape index (κ1) is 19.9. The predicted octanol–water partition coefficient (Wildman–Crippen LogP) is 0.926. The van der Waals surface area contributed by atoms with Gasteiger partial charge in [-0.1, -0.05) is 6.07 Å². The molecule has 1 aliphatic rings. The summed E-state index contributed by atoms with van der Waals surface area (Å²) < 4.78 is 4.76. The lowest BCUT2D eigenvalue weighted by Gasteiger charge is -2.31. The number of piperidine rings is 1. The molecule has 0 radical (unpaired) electrons. The molecule has 3 rings (SSSR count). The van der Waals surface area contributed by atoms with Gasteiger partial charge in [0.05, 0.1) is 18.0 Å². The van der Waals surface area contributed by atoms with E-state index in [4.69, 9.17) is 4.74 Å². The second-order valence-corrected chi connectivity index (χ2v) is 6.23. The van der Waals surface area contributed by atoms with Gasteiger partial charge in [-0.3, -0.25) is 35.5 Å². The summed E-state index contributed by atoms with van der Waals surface area (Å²) in [6.07, 6.45) is 3.61. The van der Waals surface area contributed by atoms with E-state index in [0.29, 0.717) is 25.9 Å². The number of hydrogen-bond acceptors (Lipinski definition) is 10. The molecule has 1 fully saturated rings. The number of anilines is 2. The second kappa shape index (κ2) is 8.91. The molecule has 12 heteroatoms. The minimum atomic E-state index is -0.614. The van der Waals surface area contributed by atoms with Crippen LogP contribution in [0.15, 0.2) is 30.7 Å². The maximum Gasteiger partial charge on any atom is 0.355 e. The van der Waals surface area contributed by atoms with Gasteiger partial charge in [-0.2, -0.15) is 0 Å². The zero-order chi connectivity index (χ0) is 20.8. The van der Waals surface area contributed by atoms with Crippen LogP contribution in [0.1, 0.15) is 23.3 Å². The number of aromatic nitrogens is 3. The van der Waals surface area contributed by atoms with Gasteiger partial charge in [-0.15, -0.1) is 0 Å². The van der Waals surface area contributed by atoms with Crippen LogP contribution in [0.4, 0.5) is 17.3 Å². The number of hydrogen-bond donors (Lipinski definition) is 2. The van der Waals surface area contributed by atoms with Crippen LogP contribution < -0.4 is 15.8 Å². The number of rotatable bonds is 6. The van der Waals surface area contributed by atoms with Gasteiger partial charge in [0.2, 0.25) is 11.6 Å². The van der Waals surface area contributed by atoms with Gasteiger partial charge in [-0.05, 0) is 25.0 Å². The number of carbonyl (C=O) groups is 2. The van der Waals surface area contributed by atoms with E-state index in [0.717, 1.165) is 0 Å². The molecule has 0 atom stereocenters. The van der Waals surface area contributed by atoms with E-state index in [1.54, 1.807) is 17.0 Å². The predicted molar refractivity (Wildman–Crippen MR) is 101 cm³/mol. The molecule has 2 aromatic heterocycles. The number of methoxy groups -OCH3 is 1. The highest BCUT2D eigenvalue weighted by atomic mass is 16.6. The molecule has 0 spiro atoms. The average Bonchev–Trinajstić information content (AvgIpc) is 2.77. The largest absolute Gasteiger partial charge is 0.469 e. The van der Waals surface area contributed by atoms with Crippen LogP contribution in [0, 0.1) is 16.0 Å². The number of nitro groups is 1. The Labute approximate surface area is 165 Å². The lowest BCUT2D eigenvalue weighted by Crippen LogP contribution is -2.38. The highest BCUT2D eigenvalue weighted by Crippen LogP contribution is 2.33. The monoisotopic (exact) mass is 401 g/mol. The van der Waals surface area contributed by atoms with Crippen LogP contribution in [0.5, 0.6) is 0 Å². The summed E-state index contributed by atoms with van der Waals surface area (Å²) in [4.78, 5) is 48.4. The second-order valence-electron chi connectivity index (χ2n) is 6.23. The number of hydrazine groups is 1. The molecular formula is C17H19N7O5.